The third kappa shape index (κ3) is 3.84. The quantitative estimate of drug-likeness (QED) is 0.577. The Balaban J connectivity index is 1.80. The summed E-state index contributed by atoms with van der Waals surface area (Å²) in [5.74, 6) is 0. The lowest BCUT2D eigenvalue weighted by Crippen LogP contribution is -3.61. The maximum Gasteiger partial charge on any atom is 0.357 e. The predicted octanol–water partition coefficient (Wildman–Crippen LogP) is 2.45. The molecule has 0 radical (unpaired) electrons. The van der Waals surface area contributed by atoms with Crippen molar-refractivity contribution in [2.75, 3.05) is 0 Å². The molecule has 3 aromatic rings. The van der Waals surface area contributed by atoms with E-state index in [4.69, 9.17) is 0 Å². The average molecular weight is 413 g/mol. The summed E-state index contributed by atoms with van der Waals surface area (Å²) >= 11 is -0.0888. The van der Waals surface area contributed by atoms with Gasteiger partial charge in [-0.3, -0.25) is 0 Å². The number of hydrogen-bond donors (Lipinski definition) is 0. The van der Waals surface area contributed by atoms with Crippen molar-refractivity contribution in [3.63, 3.8) is 0 Å². The molecule has 0 N–H and O–H groups in total. The van der Waals surface area contributed by atoms with Crippen LogP contribution in [0.25, 0.3) is 0 Å². The van der Waals surface area contributed by atoms with Crippen LogP contribution >= 0.6 is 0 Å². The molecule has 0 amide bonds. The highest BCUT2D eigenvalue weighted by Gasteiger charge is 2.24. The van der Waals surface area contributed by atoms with Crippen LogP contribution in [-0.4, -0.2) is 0 Å². The maximum atomic E-state index is 2.31. The Kier molecular flexibility index (Phi) is 4.86. The molecule has 0 aliphatic carbocycles. The molecule has 0 aliphatic heterocycles. The summed E-state index contributed by atoms with van der Waals surface area (Å²) in [6.07, 6.45) is 0. The van der Waals surface area contributed by atoms with Crippen LogP contribution in [0.2, 0.25) is 0 Å². The zero-order valence-corrected chi connectivity index (χ0v) is 16.0. The van der Waals surface area contributed by atoms with Crippen LogP contribution < -0.4 is 21.2 Å². The standard InChI is InChI=1S/C22H22I/c1-17-9-13-20(14-10-17)23-21-15-11-19(12-16-21)22(2,3)18-7-5-4-6-8-18/h4-16H,1-3H3/q+1. The molecule has 0 aliphatic rings. The number of halogens is 1. The molecule has 3 rings (SSSR count). The second kappa shape index (κ2) is 6.88. The third-order valence-corrected chi connectivity index (χ3v) is 6.97. The third-order valence-electron chi connectivity index (χ3n) is 4.29. The van der Waals surface area contributed by atoms with E-state index in [0.29, 0.717) is 0 Å². The first kappa shape index (κ1) is 16.3. The highest BCUT2D eigenvalue weighted by Crippen LogP contribution is 2.30. The minimum atomic E-state index is -0.0888. The summed E-state index contributed by atoms with van der Waals surface area (Å²) in [5, 5.41) is 0. The molecule has 0 spiro atoms. The van der Waals surface area contributed by atoms with Crippen LogP contribution in [0, 0.1) is 14.1 Å². The fourth-order valence-corrected chi connectivity index (χ4v) is 4.83. The van der Waals surface area contributed by atoms with Crippen molar-refractivity contribution >= 4 is 0 Å². The van der Waals surface area contributed by atoms with Crippen LogP contribution in [0.15, 0.2) is 78.9 Å². The van der Waals surface area contributed by atoms with E-state index in [9.17, 15) is 0 Å². The molecule has 0 heterocycles. The fraction of sp³-hybridized carbons (Fsp3) is 0.182. The number of aryl methyl sites for hydroxylation is 1. The summed E-state index contributed by atoms with van der Waals surface area (Å²) in [7, 11) is 0. The first-order valence-electron chi connectivity index (χ1n) is 7.93. The van der Waals surface area contributed by atoms with E-state index in [0.717, 1.165) is 0 Å². The van der Waals surface area contributed by atoms with Crippen molar-refractivity contribution in [3.8, 4) is 0 Å². The second-order valence-electron chi connectivity index (χ2n) is 6.39. The van der Waals surface area contributed by atoms with E-state index >= 15 is 0 Å². The van der Waals surface area contributed by atoms with Gasteiger partial charge in [0.1, 0.15) is 0 Å². The molecule has 0 unspecified atom stereocenters. The highest BCUT2D eigenvalue weighted by atomic mass is 127. The van der Waals surface area contributed by atoms with Gasteiger partial charge in [-0.15, -0.1) is 0 Å². The minimum Gasteiger partial charge on any atom is -0.0622 e. The van der Waals surface area contributed by atoms with E-state index in [2.05, 4.69) is 99.6 Å². The van der Waals surface area contributed by atoms with Crippen LogP contribution in [0.4, 0.5) is 0 Å². The minimum absolute atomic E-state index is 0.0436. The second-order valence-corrected chi connectivity index (χ2v) is 9.42. The smallest absolute Gasteiger partial charge is 0.0622 e. The maximum absolute atomic E-state index is 2.31. The summed E-state index contributed by atoms with van der Waals surface area (Å²) in [4.78, 5) is 0. The van der Waals surface area contributed by atoms with Crippen LogP contribution in [0.5, 0.6) is 0 Å². The zero-order valence-electron chi connectivity index (χ0n) is 13.9. The number of rotatable bonds is 4. The van der Waals surface area contributed by atoms with Gasteiger partial charge in [0.05, 0.1) is 0 Å². The molecule has 0 saturated heterocycles. The first-order chi connectivity index (χ1) is 11.1. The van der Waals surface area contributed by atoms with Gasteiger partial charge in [-0.2, -0.15) is 0 Å². The molecular weight excluding hydrogens is 391 g/mol. The van der Waals surface area contributed by atoms with Gasteiger partial charge >= 0.3 is 21.2 Å². The summed E-state index contributed by atoms with van der Waals surface area (Å²) in [5.41, 5.74) is 4.11. The molecule has 23 heavy (non-hydrogen) atoms. The molecule has 0 atom stereocenters. The molecule has 3 aromatic carbocycles. The van der Waals surface area contributed by atoms with Crippen LogP contribution in [0.1, 0.15) is 30.5 Å². The Morgan fingerprint density at radius 1 is 0.609 bits per heavy atom. The molecule has 0 bridgehead atoms. The topological polar surface area (TPSA) is 0 Å². The summed E-state index contributed by atoms with van der Waals surface area (Å²) in [6.45, 7) is 6.74. The normalized spacial score (nSPS) is 11.4. The molecular formula is C22H22I+. The highest BCUT2D eigenvalue weighted by molar-refractivity contribution is 5.36. The summed E-state index contributed by atoms with van der Waals surface area (Å²) < 4.78 is 2.95. The lowest BCUT2D eigenvalue weighted by molar-refractivity contribution is -0.597. The van der Waals surface area contributed by atoms with Crippen molar-refractivity contribution in [1.29, 1.82) is 0 Å². The van der Waals surface area contributed by atoms with Gasteiger partial charge < -0.3 is 0 Å². The van der Waals surface area contributed by atoms with Gasteiger partial charge in [-0.1, -0.05) is 74.0 Å². The summed E-state index contributed by atoms with van der Waals surface area (Å²) in [6, 6.07) is 28.9. The van der Waals surface area contributed by atoms with Crippen molar-refractivity contribution in [3.05, 3.63) is 103 Å². The largest absolute Gasteiger partial charge is 0.357 e. The predicted molar refractivity (Wildman–Crippen MR) is 93.6 cm³/mol. The van der Waals surface area contributed by atoms with Gasteiger partial charge in [0.25, 0.3) is 0 Å². The lowest BCUT2D eigenvalue weighted by atomic mass is 9.78. The van der Waals surface area contributed by atoms with Crippen molar-refractivity contribution in [2.45, 2.75) is 26.2 Å². The van der Waals surface area contributed by atoms with E-state index < -0.39 is 0 Å². The molecule has 0 saturated carbocycles. The zero-order chi connectivity index (χ0) is 16.3. The van der Waals surface area contributed by atoms with E-state index in [1.54, 1.807) is 0 Å². The van der Waals surface area contributed by atoms with Gasteiger partial charge in [0.15, 0.2) is 7.14 Å². The monoisotopic (exact) mass is 413 g/mol. The molecule has 0 aromatic heterocycles. The van der Waals surface area contributed by atoms with Crippen molar-refractivity contribution < 1.29 is 21.2 Å². The molecule has 1 heteroatoms. The lowest BCUT2D eigenvalue weighted by Gasteiger charge is -2.25. The molecule has 116 valence electrons. The van der Waals surface area contributed by atoms with E-state index in [1.165, 1.54) is 23.8 Å². The number of benzene rings is 3. The van der Waals surface area contributed by atoms with E-state index in [-0.39, 0.29) is 26.6 Å². The Morgan fingerprint density at radius 2 is 1.09 bits per heavy atom. The SMILES string of the molecule is Cc1ccc([I+]c2ccc(C(C)(C)c3ccccc3)cc2)cc1. The van der Waals surface area contributed by atoms with Crippen molar-refractivity contribution in [2.24, 2.45) is 0 Å². The average Bonchev–Trinajstić information content (AvgIpc) is 2.58. The Bertz CT molecular complexity index is 753. The fourth-order valence-electron chi connectivity index (χ4n) is 2.67. The van der Waals surface area contributed by atoms with Crippen LogP contribution in [0.3, 0.4) is 0 Å². The molecule has 0 fully saturated rings. The Morgan fingerprint density at radius 3 is 1.65 bits per heavy atom. The van der Waals surface area contributed by atoms with Gasteiger partial charge in [-0.05, 0) is 42.3 Å². The first-order valence-corrected chi connectivity index (χ1v) is 10.1. The van der Waals surface area contributed by atoms with Gasteiger partial charge in [0.2, 0.25) is 0 Å². The Labute approximate surface area is 149 Å². The van der Waals surface area contributed by atoms with Crippen LogP contribution in [-0.2, 0) is 5.41 Å². The van der Waals surface area contributed by atoms with Gasteiger partial charge in [-0.25, -0.2) is 0 Å². The number of hydrogen-bond acceptors (Lipinski definition) is 0. The van der Waals surface area contributed by atoms with E-state index in [1.807, 2.05) is 0 Å². The van der Waals surface area contributed by atoms with Crippen molar-refractivity contribution in [1.82, 2.24) is 0 Å². The van der Waals surface area contributed by atoms with Gasteiger partial charge in [0, 0.05) is 5.41 Å². The molecule has 0 nitrogen and oxygen atoms in total. The Hall–Kier alpha value is -1.61.